The summed E-state index contributed by atoms with van der Waals surface area (Å²) < 4.78 is 0. The SMILES string of the molecule is CC(C)N(C)C.CC(C)N(C)C.CCCCCCCCCCCCCCCCCC(=O)O.Cl. The van der Waals surface area contributed by atoms with Crippen LogP contribution in [0.4, 0.5) is 0 Å². The Morgan fingerprint density at radius 1 is 0.576 bits per heavy atom. The second-order valence-corrected chi connectivity index (χ2v) is 10.2. The summed E-state index contributed by atoms with van der Waals surface area (Å²) in [6.45, 7) is 10.9. The highest BCUT2D eigenvalue weighted by Gasteiger charge is 1.97. The van der Waals surface area contributed by atoms with Crippen LogP contribution in [0.5, 0.6) is 0 Å². The van der Waals surface area contributed by atoms with Gasteiger partial charge in [-0.2, -0.15) is 0 Å². The Morgan fingerprint density at radius 3 is 0.970 bits per heavy atom. The maximum Gasteiger partial charge on any atom is 0.303 e. The van der Waals surface area contributed by atoms with Crippen molar-refractivity contribution in [2.24, 2.45) is 0 Å². The average molecular weight is 495 g/mol. The average Bonchev–Trinajstić information content (AvgIpc) is 2.71. The van der Waals surface area contributed by atoms with Crippen LogP contribution in [0.1, 0.15) is 137 Å². The first-order valence-electron chi connectivity index (χ1n) is 13.6. The molecule has 0 rings (SSSR count). The topological polar surface area (TPSA) is 43.8 Å². The third-order valence-electron chi connectivity index (χ3n) is 6.06. The first-order chi connectivity index (χ1) is 15.1. The maximum atomic E-state index is 10.3. The number of carboxylic acids is 1. The minimum Gasteiger partial charge on any atom is -0.481 e. The van der Waals surface area contributed by atoms with E-state index in [1.165, 1.54) is 83.5 Å². The summed E-state index contributed by atoms with van der Waals surface area (Å²) in [6.07, 6.45) is 20.2. The molecular formula is C28H63ClN2O2. The molecule has 4 nitrogen and oxygen atoms in total. The van der Waals surface area contributed by atoms with E-state index in [0.29, 0.717) is 18.5 Å². The summed E-state index contributed by atoms with van der Waals surface area (Å²) in [6, 6.07) is 1.37. The van der Waals surface area contributed by atoms with Gasteiger partial charge in [0.25, 0.3) is 0 Å². The molecule has 0 aliphatic heterocycles. The third-order valence-corrected chi connectivity index (χ3v) is 6.06. The van der Waals surface area contributed by atoms with Crippen LogP contribution in [0, 0.1) is 0 Å². The van der Waals surface area contributed by atoms with Crippen molar-refractivity contribution in [2.45, 2.75) is 149 Å². The maximum absolute atomic E-state index is 10.3. The van der Waals surface area contributed by atoms with Gasteiger partial charge in [-0.3, -0.25) is 4.79 Å². The zero-order valence-corrected chi connectivity index (χ0v) is 24.9. The predicted molar refractivity (Wildman–Crippen MR) is 152 cm³/mol. The van der Waals surface area contributed by atoms with E-state index < -0.39 is 5.97 Å². The van der Waals surface area contributed by atoms with Crippen LogP contribution in [0.15, 0.2) is 0 Å². The molecule has 0 aromatic rings. The van der Waals surface area contributed by atoms with E-state index in [2.05, 4.69) is 72.6 Å². The third kappa shape index (κ3) is 45.8. The number of hydrogen-bond donors (Lipinski definition) is 1. The fourth-order valence-corrected chi connectivity index (χ4v) is 2.65. The second kappa shape index (κ2) is 31.7. The smallest absolute Gasteiger partial charge is 0.303 e. The minimum absolute atomic E-state index is 0. The van der Waals surface area contributed by atoms with E-state index in [0.717, 1.165) is 12.8 Å². The molecule has 0 spiro atoms. The van der Waals surface area contributed by atoms with Gasteiger partial charge < -0.3 is 14.9 Å². The Kier molecular flexibility index (Phi) is 38.3. The van der Waals surface area contributed by atoms with E-state index in [9.17, 15) is 4.79 Å². The molecule has 0 aliphatic rings. The van der Waals surface area contributed by atoms with Crippen LogP contribution in [-0.2, 0) is 4.79 Å². The van der Waals surface area contributed by atoms with Gasteiger partial charge in [0.1, 0.15) is 0 Å². The Labute approximate surface area is 215 Å². The van der Waals surface area contributed by atoms with Crippen LogP contribution < -0.4 is 0 Å². The number of unbranched alkanes of at least 4 members (excludes halogenated alkanes) is 14. The molecule has 0 saturated heterocycles. The van der Waals surface area contributed by atoms with Crippen molar-refractivity contribution in [3.05, 3.63) is 0 Å². The van der Waals surface area contributed by atoms with E-state index in [1.807, 2.05) is 0 Å². The van der Waals surface area contributed by atoms with Gasteiger partial charge in [-0.25, -0.2) is 0 Å². The van der Waals surface area contributed by atoms with Crippen LogP contribution in [0.2, 0.25) is 0 Å². The lowest BCUT2D eigenvalue weighted by atomic mass is 10.0. The molecule has 0 heterocycles. The lowest BCUT2D eigenvalue weighted by molar-refractivity contribution is -0.137. The number of carbonyl (C=O) groups is 1. The second-order valence-electron chi connectivity index (χ2n) is 10.2. The van der Waals surface area contributed by atoms with Crippen LogP contribution >= 0.6 is 12.4 Å². The molecule has 0 aromatic carbocycles. The van der Waals surface area contributed by atoms with E-state index in [4.69, 9.17) is 5.11 Å². The first-order valence-corrected chi connectivity index (χ1v) is 13.6. The van der Waals surface area contributed by atoms with Gasteiger partial charge in [0, 0.05) is 18.5 Å². The van der Waals surface area contributed by atoms with Crippen molar-refractivity contribution in [3.8, 4) is 0 Å². The van der Waals surface area contributed by atoms with Gasteiger partial charge in [0.2, 0.25) is 0 Å². The van der Waals surface area contributed by atoms with Crippen molar-refractivity contribution < 1.29 is 9.90 Å². The molecule has 0 fully saturated rings. The van der Waals surface area contributed by atoms with E-state index >= 15 is 0 Å². The van der Waals surface area contributed by atoms with Crippen molar-refractivity contribution in [2.75, 3.05) is 28.2 Å². The Bertz CT molecular complexity index is 338. The quantitative estimate of drug-likeness (QED) is 0.193. The summed E-state index contributed by atoms with van der Waals surface area (Å²) in [7, 11) is 8.30. The largest absolute Gasteiger partial charge is 0.481 e. The molecule has 0 aromatic heterocycles. The molecule has 204 valence electrons. The van der Waals surface area contributed by atoms with Crippen LogP contribution in [0.3, 0.4) is 0 Å². The van der Waals surface area contributed by atoms with Crippen molar-refractivity contribution in [1.29, 1.82) is 0 Å². The van der Waals surface area contributed by atoms with Gasteiger partial charge >= 0.3 is 5.97 Å². The molecular weight excluding hydrogens is 432 g/mol. The molecule has 0 atom stereocenters. The predicted octanol–water partition coefficient (Wildman–Crippen LogP) is 8.67. The molecule has 5 heteroatoms. The summed E-state index contributed by atoms with van der Waals surface area (Å²) in [4.78, 5) is 14.7. The standard InChI is InChI=1S/C18H36O2.2C5H13N.ClH/c1-2-3-4-5-6-7-8-9-10-11-12-13-14-15-16-17-18(19)20;2*1-5(2)6(3)4;/h2-17H2,1H3,(H,19,20);2*5H,1-4H3;1H. The van der Waals surface area contributed by atoms with Gasteiger partial charge in [-0.15, -0.1) is 12.4 Å². The van der Waals surface area contributed by atoms with Crippen LogP contribution in [-0.4, -0.2) is 61.2 Å². The minimum atomic E-state index is -0.653. The molecule has 1 N–H and O–H groups in total. The summed E-state index contributed by atoms with van der Waals surface area (Å²) in [5.41, 5.74) is 0. The van der Waals surface area contributed by atoms with Crippen LogP contribution in [0.25, 0.3) is 0 Å². The van der Waals surface area contributed by atoms with E-state index in [-0.39, 0.29) is 12.4 Å². The molecule has 0 saturated carbocycles. The highest BCUT2D eigenvalue weighted by Crippen LogP contribution is 2.13. The molecule has 33 heavy (non-hydrogen) atoms. The fourth-order valence-electron chi connectivity index (χ4n) is 2.65. The summed E-state index contributed by atoms with van der Waals surface area (Å²) in [5.74, 6) is -0.653. The number of rotatable bonds is 18. The molecule has 0 amide bonds. The lowest BCUT2D eigenvalue weighted by Gasteiger charge is -2.12. The zero-order chi connectivity index (χ0) is 25.2. The summed E-state index contributed by atoms with van der Waals surface area (Å²) >= 11 is 0. The highest BCUT2D eigenvalue weighted by atomic mass is 35.5. The molecule has 0 aliphatic carbocycles. The number of carboxylic acid groups (broad SMARTS) is 1. The van der Waals surface area contributed by atoms with Crippen molar-refractivity contribution >= 4 is 18.4 Å². The molecule has 0 unspecified atom stereocenters. The fraction of sp³-hybridized carbons (Fsp3) is 0.964. The number of nitrogens with zero attached hydrogens (tertiary/aromatic N) is 2. The van der Waals surface area contributed by atoms with Gasteiger partial charge in [-0.1, -0.05) is 96.8 Å². The van der Waals surface area contributed by atoms with Crippen molar-refractivity contribution in [1.82, 2.24) is 9.80 Å². The lowest BCUT2D eigenvalue weighted by Crippen LogP contribution is -2.20. The molecule has 0 radical (unpaired) electrons. The van der Waals surface area contributed by atoms with Gasteiger partial charge in [-0.05, 0) is 62.3 Å². The zero-order valence-electron chi connectivity index (χ0n) is 24.1. The van der Waals surface area contributed by atoms with Gasteiger partial charge in [0.15, 0.2) is 0 Å². The number of halogens is 1. The number of hydrogen-bond acceptors (Lipinski definition) is 3. The van der Waals surface area contributed by atoms with Crippen molar-refractivity contribution in [3.63, 3.8) is 0 Å². The first kappa shape index (κ1) is 39.9. The van der Waals surface area contributed by atoms with E-state index in [1.54, 1.807) is 0 Å². The highest BCUT2D eigenvalue weighted by molar-refractivity contribution is 5.85. The monoisotopic (exact) mass is 494 g/mol. The normalized spacial score (nSPS) is 10.6. The Hall–Kier alpha value is -0.320. The Morgan fingerprint density at radius 2 is 0.788 bits per heavy atom. The Balaban J connectivity index is -0.000000266. The van der Waals surface area contributed by atoms with Gasteiger partial charge in [0.05, 0.1) is 0 Å². The molecule has 0 bridgehead atoms. The summed E-state index contributed by atoms with van der Waals surface area (Å²) in [5, 5.41) is 8.52. The number of aliphatic carboxylic acids is 1.